The highest BCUT2D eigenvalue weighted by Crippen LogP contribution is 2.25. The number of anilines is 1. The lowest BCUT2D eigenvalue weighted by Crippen LogP contribution is -2.28. The Labute approximate surface area is 105 Å². The molecule has 98 valence electrons. The quantitative estimate of drug-likeness (QED) is 0.815. The van der Waals surface area contributed by atoms with Gasteiger partial charge in [-0.2, -0.15) is 5.10 Å². The topological polar surface area (TPSA) is 90.8 Å². The largest absolute Gasteiger partial charge is 0.369 e. The summed E-state index contributed by atoms with van der Waals surface area (Å²) in [5.41, 5.74) is 8.35. The average Bonchev–Trinajstić information content (AvgIpc) is 2.84. The van der Waals surface area contributed by atoms with Gasteiger partial charge in [0, 0.05) is 14.1 Å². The molecule has 0 saturated heterocycles. The molecule has 7 nitrogen and oxygen atoms in total. The van der Waals surface area contributed by atoms with E-state index in [4.69, 9.17) is 5.73 Å². The van der Waals surface area contributed by atoms with Gasteiger partial charge in [0.1, 0.15) is 11.6 Å². The van der Waals surface area contributed by atoms with Crippen LogP contribution in [0.5, 0.6) is 0 Å². The van der Waals surface area contributed by atoms with E-state index in [0.717, 1.165) is 23.3 Å². The highest BCUT2D eigenvalue weighted by molar-refractivity contribution is 5.84. The van der Waals surface area contributed by atoms with Gasteiger partial charge in [0.05, 0.1) is 5.69 Å². The molecule has 1 unspecified atom stereocenters. The lowest BCUT2D eigenvalue weighted by Gasteiger charge is -2.14. The van der Waals surface area contributed by atoms with Gasteiger partial charge >= 0.3 is 0 Å². The number of hydrogen-bond acceptors (Lipinski definition) is 4. The number of nitrogens with two attached hydrogens (primary N) is 1. The molecule has 2 heterocycles. The summed E-state index contributed by atoms with van der Waals surface area (Å²) < 4.78 is 3.43. The average molecular weight is 250 g/mol. The second kappa shape index (κ2) is 4.32. The number of carbonyl (C=O) groups excluding carboxylic acids is 1. The van der Waals surface area contributed by atoms with Crippen molar-refractivity contribution in [3.63, 3.8) is 0 Å². The first kappa shape index (κ1) is 12.4. The second-order valence-electron chi connectivity index (χ2n) is 4.23. The highest BCUT2D eigenvalue weighted by Gasteiger charge is 2.23. The number of fused-ring (bicyclic) bond motifs is 1. The van der Waals surface area contributed by atoms with Crippen LogP contribution >= 0.6 is 0 Å². The molecule has 0 spiro atoms. The number of nitrogens with one attached hydrogen (secondary N) is 1. The van der Waals surface area contributed by atoms with Crippen LogP contribution in [0.4, 0.5) is 5.95 Å². The molecule has 1 amide bonds. The van der Waals surface area contributed by atoms with Gasteiger partial charge in [-0.15, -0.1) is 0 Å². The molecule has 0 aromatic carbocycles. The van der Waals surface area contributed by atoms with Gasteiger partial charge in [-0.1, -0.05) is 6.92 Å². The smallest absolute Gasteiger partial charge is 0.242 e. The predicted molar refractivity (Wildman–Crippen MR) is 69.1 cm³/mol. The van der Waals surface area contributed by atoms with Gasteiger partial charge in [-0.3, -0.25) is 14.0 Å². The van der Waals surface area contributed by atoms with Gasteiger partial charge in [-0.05, 0) is 13.3 Å². The monoisotopic (exact) mass is 250 g/mol. The van der Waals surface area contributed by atoms with Crippen molar-refractivity contribution in [3.8, 4) is 0 Å². The van der Waals surface area contributed by atoms with Gasteiger partial charge in [0.25, 0.3) is 0 Å². The molecule has 2 aromatic rings. The summed E-state index contributed by atoms with van der Waals surface area (Å²) in [5.74, 6) is 0.226. The number of hydrogen-bond donors (Lipinski definition) is 2. The van der Waals surface area contributed by atoms with E-state index in [0.29, 0.717) is 5.95 Å². The molecule has 2 aromatic heterocycles. The Kier molecular flexibility index (Phi) is 2.98. The number of aryl methyl sites for hydroxylation is 2. The third-order valence-electron chi connectivity index (χ3n) is 3.11. The Morgan fingerprint density at radius 3 is 2.78 bits per heavy atom. The zero-order valence-corrected chi connectivity index (χ0v) is 11.1. The zero-order valence-electron chi connectivity index (χ0n) is 11.1. The van der Waals surface area contributed by atoms with Crippen molar-refractivity contribution in [1.29, 1.82) is 0 Å². The summed E-state index contributed by atoms with van der Waals surface area (Å²) in [4.78, 5) is 16.1. The Hall–Kier alpha value is -2.05. The maximum Gasteiger partial charge on any atom is 0.242 e. The van der Waals surface area contributed by atoms with Crippen LogP contribution in [0.1, 0.15) is 25.6 Å². The van der Waals surface area contributed by atoms with Gasteiger partial charge in [0.15, 0.2) is 5.65 Å². The fourth-order valence-electron chi connectivity index (χ4n) is 2.17. The number of carbonyl (C=O) groups is 1. The molecule has 0 fully saturated rings. The summed E-state index contributed by atoms with van der Waals surface area (Å²) in [6.45, 7) is 3.80. The van der Waals surface area contributed by atoms with E-state index in [1.54, 1.807) is 23.2 Å². The SMILES string of the molecule is CCc1nn(C)c2c1nc(N)n2C(C)C(=O)NC. The van der Waals surface area contributed by atoms with E-state index in [9.17, 15) is 4.79 Å². The van der Waals surface area contributed by atoms with Crippen LogP contribution in [0.15, 0.2) is 0 Å². The van der Waals surface area contributed by atoms with Crippen molar-refractivity contribution in [3.05, 3.63) is 5.69 Å². The fraction of sp³-hybridized carbons (Fsp3) is 0.545. The zero-order chi connectivity index (χ0) is 13.4. The number of imidazole rings is 1. The van der Waals surface area contributed by atoms with Gasteiger partial charge < -0.3 is 11.1 Å². The van der Waals surface area contributed by atoms with Gasteiger partial charge in [0.2, 0.25) is 11.9 Å². The fourth-order valence-corrected chi connectivity index (χ4v) is 2.17. The molecule has 7 heteroatoms. The van der Waals surface area contributed by atoms with Crippen LogP contribution in [-0.2, 0) is 18.3 Å². The molecule has 1 atom stereocenters. The third kappa shape index (κ3) is 1.62. The first-order valence-electron chi connectivity index (χ1n) is 5.92. The highest BCUT2D eigenvalue weighted by atomic mass is 16.2. The van der Waals surface area contributed by atoms with E-state index in [1.807, 2.05) is 14.0 Å². The lowest BCUT2D eigenvalue weighted by atomic mass is 10.3. The van der Waals surface area contributed by atoms with Crippen molar-refractivity contribution >= 4 is 23.0 Å². The second-order valence-corrected chi connectivity index (χ2v) is 4.23. The third-order valence-corrected chi connectivity index (χ3v) is 3.11. The molecular formula is C11H18N6O. The van der Waals surface area contributed by atoms with Crippen LogP contribution in [0, 0.1) is 0 Å². The van der Waals surface area contributed by atoms with Crippen LogP contribution in [-0.4, -0.2) is 32.3 Å². The Morgan fingerprint density at radius 1 is 1.56 bits per heavy atom. The summed E-state index contributed by atoms with van der Waals surface area (Å²) in [5, 5.41) is 7.00. The van der Waals surface area contributed by atoms with Gasteiger partial charge in [-0.25, -0.2) is 4.98 Å². The molecule has 18 heavy (non-hydrogen) atoms. The number of nitrogens with zero attached hydrogens (tertiary/aromatic N) is 4. The maximum atomic E-state index is 11.7. The van der Waals surface area contributed by atoms with Crippen LogP contribution in [0.2, 0.25) is 0 Å². The minimum absolute atomic E-state index is 0.111. The molecule has 2 rings (SSSR count). The Balaban J connectivity index is 2.67. The van der Waals surface area contributed by atoms with Crippen molar-refractivity contribution in [2.75, 3.05) is 12.8 Å². The lowest BCUT2D eigenvalue weighted by molar-refractivity contribution is -0.123. The first-order chi connectivity index (χ1) is 8.51. The van der Waals surface area contributed by atoms with E-state index in [2.05, 4.69) is 15.4 Å². The maximum absolute atomic E-state index is 11.7. The summed E-state index contributed by atoms with van der Waals surface area (Å²) in [6, 6.07) is -0.417. The molecule has 0 aliphatic heterocycles. The number of rotatable bonds is 3. The number of nitrogen functional groups attached to an aromatic ring is 1. The first-order valence-corrected chi connectivity index (χ1v) is 5.92. The Morgan fingerprint density at radius 2 is 2.22 bits per heavy atom. The number of aromatic nitrogens is 4. The normalized spacial score (nSPS) is 12.9. The molecule has 0 aliphatic rings. The molecule has 3 N–H and O–H groups in total. The molecule has 0 radical (unpaired) electrons. The van der Waals surface area contributed by atoms with E-state index < -0.39 is 6.04 Å². The molecular weight excluding hydrogens is 232 g/mol. The van der Waals surface area contributed by atoms with Crippen molar-refractivity contribution in [2.45, 2.75) is 26.3 Å². The molecule has 0 bridgehead atoms. The molecule has 0 aliphatic carbocycles. The Bertz CT molecular complexity index is 596. The summed E-state index contributed by atoms with van der Waals surface area (Å²) in [6.07, 6.45) is 0.780. The summed E-state index contributed by atoms with van der Waals surface area (Å²) >= 11 is 0. The summed E-state index contributed by atoms with van der Waals surface area (Å²) in [7, 11) is 3.43. The van der Waals surface area contributed by atoms with E-state index >= 15 is 0 Å². The predicted octanol–water partition coefficient (Wildman–Crippen LogP) is 0.221. The van der Waals surface area contributed by atoms with Crippen LogP contribution < -0.4 is 11.1 Å². The van der Waals surface area contributed by atoms with Crippen molar-refractivity contribution < 1.29 is 4.79 Å². The van der Waals surface area contributed by atoms with Crippen molar-refractivity contribution in [1.82, 2.24) is 24.6 Å². The van der Waals surface area contributed by atoms with E-state index in [1.165, 1.54) is 0 Å². The minimum Gasteiger partial charge on any atom is -0.369 e. The van der Waals surface area contributed by atoms with E-state index in [-0.39, 0.29) is 5.91 Å². The van der Waals surface area contributed by atoms with Crippen molar-refractivity contribution in [2.24, 2.45) is 7.05 Å². The van der Waals surface area contributed by atoms with Crippen LogP contribution in [0.25, 0.3) is 11.2 Å². The number of likely N-dealkylation sites (N-methyl/N-ethyl adjacent to an activating group) is 1. The minimum atomic E-state index is -0.417. The number of amides is 1. The molecule has 0 saturated carbocycles. The standard InChI is InChI=1S/C11H18N6O/c1-5-7-8-10(16(4)15-7)17(11(12)14-8)6(2)9(18)13-3/h6H,5H2,1-4H3,(H2,12,14)(H,13,18). The van der Waals surface area contributed by atoms with Crippen LogP contribution in [0.3, 0.4) is 0 Å².